The van der Waals surface area contributed by atoms with Crippen LogP contribution in [0.3, 0.4) is 0 Å². The molecule has 0 aliphatic carbocycles. The molecule has 6 heteroatoms. The molecule has 0 aromatic heterocycles. The van der Waals surface area contributed by atoms with Gasteiger partial charge in [-0.05, 0) is 12.8 Å². The number of aliphatic hydroxyl groups is 2. The number of hydrogen-bond donors (Lipinski definition) is 2. The Kier molecular flexibility index (Phi) is 24.3. The van der Waals surface area contributed by atoms with Crippen LogP contribution in [0.4, 0.5) is 13.2 Å². The summed E-state index contributed by atoms with van der Waals surface area (Å²) in [6.45, 7) is -0.123. The second-order valence-corrected chi connectivity index (χ2v) is 7.65. The van der Waals surface area contributed by atoms with E-state index >= 15 is 0 Å². The summed E-state index contributed by atoms with van der Waals surface area (Å²) in [6, 6.07) is 0. The summed E-state index contributed by atoms with van der Waals surface area (Å²) in [5.41, 5.74) is 0. The van der Waals surface area contributed by atoms with Crippen LogP contribution in [0.2, 0.25) is 0 Å². The molecule has 0 heterocycles. The smallest absolute Gasteiger partial charge is 0.389 e. The summed E-state index contributed by atoms with van der Waals surface area (Å²) in [4.78, 5) is 0. The molecule has 162 valence electrons. The van der Waals surface area contributed by atoms with Gasteiger partial charge in [-0.15, -0.1) is 0 Å². The summed E-state index contributed by atoms with van der Waals surface area (Å²) < 4.78 is 35.9. The number of hydrogen-bond acceptors (Lipinski definition) is 2. The van der Waals surface area contributed by atoms with E-state index in [-0.39, 0.29) is 53.0 Å². The van der Waals surface area contributed by atoms with E-state index < -0.39 is 18.7 Å². The van der Waals surface area contributed by atoms with Crippen molar-refractivity contribution in [3.63, 3.8) is 0 Å². The van der Waals surface area contributed by atoms with Gasteiger partial charge >= 0.3 is 6.18 Å². The van der Waals surface area contributed by atoms with E-state index in [4.69, 9.17) is 5.11 Å². The summed E-state index contributed by atoms with van der Waals surface area (Å²) >= 11 is 0. The van der Waals surface area contributed by atoms with Gasteiger partial charge in [0.25, 0.3) is 0 Å². The van der Waals surface area contributed by atoms with E-state index in [1.54, 1.807) is 0 Å². The van der Waals surface area contributed by atoms with Crippen molar-refractivity contribution in [2.24, 2.45) is 0 Å². The van der Waals surface area contributed by atoms with Gasteiger partial charge in [0.1, 0.15) is 0 Å². The molecule has 0 rings (SSSR count). The van der Waals surface area contributed by atoms with Crippen LogP contribution in [0, 0.1) is 39.9 Å². The number of unbranched alkanes of at least 4 members (excludes halogenated alkanes) is 15. The second kappa shape index (κ2) is 21.7. The topological polar surface area (TPSA) is 40.5 Å². The van der Waals surface area contributed by atoms with Gasteiger partial charge in [-0.2, -0.15) is 13.2 Å². The van der Waals surface area contributed by atoms with Crippen LogP contribution >= 0.6 is 0 Å². The Labute approximate surface area is 196 Å². The van der Waals surface area contributed by atoms with Crippen molar-refractivity contribution in [2.75, 3.05) is 6.61 Å². The fourth-order valence-corrected chi connectivity index (χ4v) is 3.27. The zero-order valence-electron chi connectivity index (χ0n) is 17.0. The minimum absolute atomic E-state index is 0. The third-order valence-corrected chi connectivity index (χ3v) is 4.96. The standard InChI is InChI=1S/C21H41F3O2.Th/c22-21(23,24)18-16-14-12-10-8-6-4-2-1-3-5-7-9-11-13-15-17-20(26)19-25;/h20,25-26H,1-19H2;. The van der Waals surface area contributed by atoms with Gasteiger partial charge in [-0.25, -0.2) is 0 Å². The van der Waals surface area contributed by atoms with Crippen LogP contribution in [0.25, 0.3) is 0 Å². The first-order valence-electron chi connectivity index (χ1n) is 10.8. The summed E-state index contributed by atoms with van der Waals surface area (Å²) in [5, 5.41) is 17.9. The number of halogens is 3. The van der Waals surface area contributed by atoms with Crippen molar-refractivity contribution in [3.8, 4) is 0 Å². The molecule has 0 aliphatic heterocycles. The molecule has 0 saturated heterocycles. The van der Waals surface area contributed by atoms with Crippen LogP contribution in [0.1, 0.15) is 116 Å². The van der Waals surface area contributed by atoms with E-state index in [1.165, 1.54) is 57.8 Å². The van der Waals surface area contributed by atoms with Crippen molar-refractivity contribution < 1.29 is 63.3 Å². The SMILES string of the molecule is OCC(O)CCCCCCCCCCCCCCCCCCC(F)(F)F.[Th]. The summed E-state index contributed by atoms with van der Waals surface area (Å²) in [7, 11) is 0. The summed E-state index contributed by atoms with van der Waals surface area (Å²) in [5.74, 6) is 0. The zero-order chi connectivity index (χ0) is 19.5. The molecule has 2 nitrogen and oxygen atoms in total. The van der Waals surface area contributed by atoms with Crippen LogP contribution in [-0.4, -0.2) is 29.1 Å². The molecule has 27 heavy (non-hydrogen) atoms. The average Bonchev–Trinajstić information content (AvgIpc) is 2.59. The number of rotatable bonds is 19. The molecule has 0 bridgehead atoms. The molecular formula is C21H41F3O2Th. The first-order chi connectivity index (χ1) is 12.5. The Morgan fingerprint density at radius 2 is 0.852 bits per heavy atom. The first kappa shape index (κ1) is 30.2. The maximum Gasteiger partial charge on any atom is 0.389 e. The predicted molar refractivity (Wildman–Crippen MR) is 102 cm³/mol. The molecule has 0 aromatic rings. The van der Waals surface area contributed by atoms with Crippen LogP contribution < -0.4 is 0 Å². The van der Waals surface area contributed by atoms with Crippen molar-refractivity contribution in [1.82, 2.24) is 0 Å². The third kappa shape index (κ3) is 27.0. The van der Waals surface area contributed by atoms with E-state index in [2.05, 4.69) is 0 Å². The van der Waals surface area contributed by atoms with Gasteiger partial charge < -0.3 is 10.2 Å². The van der Waals surface area contributed by atoms with E-state index in [1.807, 2.05) is 0 Å². The second-order valence-electron chi connectivity index (χ2n) is 7.65. The molecule has 1 unspecified atom stereocenters. The molecular weight excluding hydrogens is 573 g/mol. The van der Waals surface area contributed by atoms with Crippen molar-refractivity contribution in [2.45, 2.75) is 128 Å². The Hall–Kier alpha value is 1.03. The molecule has 0 amide bonds. The van der Waals surface area contributed by atoms with Crippen molar-refractivity contribution in [1.29, 1.82) is 0 Å². The van der Waals surface area contributed by atoms with Gasteiger partial charge in [0.05, 0.1) is 12.7 Å². The van der Waals surface area contributed by atoms with Crippen LogP contribution in [-0.2, 0) is 0 Å². The molecule has 1 atom stereocenters. The van der Waals surface area contributed by atoms with Gasteiger partial charge in [0.15, 0.2) is 0 Å². The zero-order valence-corrected chi connectivity index (χ0v) is 21.2. The molecule has 0 radical (unpaired) electrons. The molecule has 0 fully saturated rings. The number of aliphatic hydroxyl groups excluding tert-OH is 2. The van der Waals surface area contributed by atoms with E-state index in [9.17, 15) is 18.3 Å². The maximum absolute atomic E-state index is 12.0. The van der Waals surface area contributed by atoms with E-state index in [0.717, 1.165) is 32.1 Å². The first-order valence-corrected chi connectivity index (χ1v) is 10.8. The maximum atomic E-state index is 12.0. The fourth-order valence-electron chi connectivity index (χ4n) is 3.27. The third-order valence-electron chi connectivity index (χ3n) is 4.96. The quantitative estimate of drug-likeness (QED) is 0.155. The monoisotopic (exact) mass is 614 g/mol. The van der Waals surface area contributed by atoms with Gasteiger partial charge in [0, 0.05) is 46.4 Å². The molecule has 0 aliphatic rings. The minimum atomic E-state index is -3.98. The van der Waals surface area contributed by atoms with Crippen LogP contribution in [0.15, 0.2) is 0 Å². The van der Waals surface area contributed by atoms with Crippen molar-refractivity contribution in [3.05, 3.63) is 0 Å². The fraction of sp³-hybridized carbons (Fsp3) is 1.00. The van der Waals surface area contributed by atoms with Crippen LogP contribution in [0.5, 0.6) is 0 Å². The van der Waals surface area contributed by atoms with Crippen molar-refractivity contribution >= 4 is 0 Å². The number of alkyl halides is 3. The van der Waals surface area contributed by atoms with Gasteiger partial charge in [0.2, 0.25) is 0 Å². The molecule has 0 aromatic carbocycles. The molecule has 0 saturated carbocycles. The predicted octanol–water partition coefficient (Wildman–Crippen LogP) is 6.92. The Morgan fingerprint density at radius 3 is 1.15 bits per heavy atom. The largest absolute Gasteiger partial charge is 0.394 e. The Morgan fingerprint density at radius 1 is 0.556 bits per heavy atom. The Bertz CT molecular complexity index is 289. The normalized spacial score (nSPS) is 12.8. The van der Waals surface area contributed by atoms with E-state index in [0.29, 0.717) is 12.8 Å². The Balaban J connectivity index is 0. The molecule has 0 spiro atoms. The minimum Gasteiger partial charge on any atom is -0.394 e. The van der Waals surface area contributed by atoms with Gasteiger partial charge in [-0.3, -0.25) is 0 Å². The average molecular weight is 615 g/mol. The van der Waals surface area contributed by atoms with Gasteiger partial charge in [-0.1, -0.05) is 96.3 Å². The summed E-state index contributed by atoms with van der Waals surface area (Å²) in [6.07, 6.45) is 13.4. The molecule has 2 N–H and O–H groups in total.